The molecule has 0 unspecified atom stereocenters. The Labute approximate surface area is 130 Å². The van der Waals surface area contributed by atoms with Crippen molar-refractivity contribution < 1.29 is 13.9 Å². The van der Waals surface area contributed by atoms with Crippen LogP contribution in [0.1, 0.15) is 12.8 Å². The summed E-state index contributed by atoms with van der Waals surface area (Å²) in [7, 11) is 1.65. The third-order valence-corrected chi connectivity index (χ3v) is 3.88. The fraction of sp³-hybridized carbons (Fsp3) is 0.562. The van der Waals surface area contributed by atoms with E-state index in [-0.39, 0.29) is 0 Å². The highest BCUT2D eigenvalue weighted by Gasteiger charge is 2.14. The van der Waals surface area contributed by atoms with Gasteiger partial charge in [-0.15, -0.1) is 0 Å². The van der Waals surface area contributed by atoms with Gasteiger partial charge >= 0.3 is 0 Å². The lowest BCUT2D eigenvalue weighted by molar-refractivity contribution is 0.0342. The summed E-state index contributed by atoms with van der Waals surface area (Å²) >= 11 is 0. The topological polar surface area (TPSA) is 59.8 Å². The van der Waals surface area contributed by atoms with E-state index in [2.05, 4.69) is 22.1 Å². The van der Waals surface area contributed by atoms with E-state index in [0.29, 0.717) is 18.5 Å². The molecule has 1 atom stereocenters. The van der Waals surface area contributed by atoms with Gasteiger partial charge in [-0.1, -0.05) is 0 Å². The molecule has 0 radical (unpaired) electrons. The average molecular weight is 305 g/mol. The molecule has 2 heterocycles. The molecule has 0 saturated carbocycles. The van der Waals surface area contributed by atoms with Crippen LogP contribution in [0, 0.1) is 0 Å². The first-order valence-corrected chi connectivity index (χ1v) is 7.71. The molecule has 1 aromatic carbocycles. The minimum atomic E-state index is 0.377. The maximum Gasteiger partial charge on any atom is 0.209 e. The monoisotopic (exact) mass is 305 g/mol. The van der Waals surface area contributed by atoms with Gasteiger partial charge < -0.3 is 19.2 Å². The van der Waals surface area contributed by atoms with Crippen molar-refractivity contribution in [1.29, 1.82) is 0 Å². The van der Waals surface area contributed by atoms with Crippen LogP contribution in [-0.4, -0.2) is 55.9 Å². The van der Waals surface area contributed by atoms with Gasteiger partial charge in [-0.3, -0.25) is 4.90 Å². The van der Waals surface area contributed by atoms with Crippen molar-refractivity contribution in [2.75, 3.05) is 40.0 Å². The number of fused-ring (bicyclic) bond motifs is 1. The largest absolute Gasteiger partial charge is 0.497 e. The summed E-state index contributed by atoms with van der Waals surface area (Å²) in [5, 5.41) is 3.47. The summed E-state index contributed by atoms with van der Waals surface area (Å²) < 4.78 is 16.3. The normalized spacial score (nSPS) is 17.7. The summed E-state index contributed by atoms with van der Waals surface area (Å²) in [6.07, 6.45) is 0. The number of aromatic nitrogens is 1. The summed E-state index contributed by atoms with van der Waals surface area (Å²) in [5.74, 6) is 1.50. The molecule has 2 aromatic rings. The van der Waals surface area contributed by atoms with Crippen molar-refractivity contribution in [3.63, 3.8) is 0 Å². The van der Waals surface area contributed by atoms with E-state index in [4.69, 9.17) is 13.9 Å². The third-order valence-electron chi connectivity index (χ3n) is 3.88. The van der Waals surface area contributed by atoms with Crippen molar-refractivity contribution >= 4 is 11.1 Å². The molecule has 120 valence electrons. The number of hydrogen-bond donors (Lipinski definition) is 1. The summed E-state index contributed by atoms with van der Waals surface area (Å²) in [6, 6.07) is 6.04. The summed E-state index contributed by atoms with van der Waals surface area (Å²) in [4.78, 5) is 6.91. The molecular weight excluding hydrogens is 282 g/mol. The molecule has 1 aliphatic heterocycles. The molecule has 0 bridgehead atoms. The van der Waals surface area contributed by atoms with Gasteiger partial charge in [0.25, 0.3) is 0 Å². The second-order valence-corrected chi connectivity index (χ2v) is 5.64. The molecule has 6 nitrogen and oxygen atoms in total. The molecule has 22 heavy (non-hydrogen) atoms. The SMILES string of the molecule is COc1ccc2oc(CN[C@@H](C)CN3CCOCC3)nc2c1. The fourth-order valence-corrected chi connectivity index (χ4v) is 2.65. The van der Waals surface area contributed by atoms with Gasteiger partial charge in [-0.25, -0.2) is 4.98 Å². The number of nitrogens with zero attached hydrogens (tertiary/aromatic N) is 2. The highest BCUT2D eigenvalue weighted by molar-refractivity contribution is 5.74. The van der Waals surface area contributed by atoms with E-state index in [1.54, 1.807) is 7.11 Å². The molecule has 1 aliphatic rings. The van der Waals surface area contributed by atoms with Crippen LogP contribution >= 0.6 is 0 Å². The van der Waals surface area contributed by atoms with Gasteiger partial charge in [0.1, 0.15) is 11.3 Å². The van der Waals surface area contributed by atoms with Crippen molar-refractivity contribution in [2.45, 2.75) is 19.5 Å². The molecule has 1 fully saturated rings. The van der Waals surface area contributed by atoms with E-state index in [1.165, 1.54) is 0 Å². The lowest BCUT2D eigenvalue weighted by Gasteiger charge is -2.29. The maximum atomic E-state index is 5.75. The number of methoxy groups -OCH3 is 1. The third kappa shape index (κ3) is 3.76. The van der Waals surface area contributed by atoms with Crippen LogP contribution in [-0.2, 0) is 11.3 Å². The molecular formula is C16H23N3O3. The minimum Gasteiger partial charge on any atom is -0.497 e. The number of morpholine rings is 1. The maximum absolute atomic E-state index is 5.75. The summed E-state index contributed by atoms with van der Waals surface area (Å²) in [6.45, 7) is 7.50. The minimum absolute atomic E-state index is 0.377. The second kappa shape index (κ2) is 7.09. The first-order chi connectivity index (χ1) is 10.7. The van der Waals surface area contributed by atoms with E-state index < -0.39 is 0 Å². The zero-order valence-electron chi connectivity index (χ0n) is 13.2. The highest BCUT2D eigenvalue weighted by Crippen LogP contribution is 2.21. The Kier molecular flexibility index (Phi) is 4.92. The van der Waals surface area contributed by atoms with E-state index in [1.807, 2.05) is 18.2 Å². The Morgan fingerprint density at radius 1 is 1.36 bits per heavy atom. The van der Waals surface area contributed by atoms with E-state index >= 15 is 0 Å². The molecule has 1 N–H and O–H groups in total. The molecule has 1 saturated heterocycles. The van der Waals surface area contributed by atoms with Crippen molar-refractivity contribution in [1.82, 2.24) is 15.2 Å². The van der Waals surface area contributed by atoms with Gasteiger partial charge in [-0.05, 0) is 19.1 Å². The Morgan fingerprint density at radius 2 is 2.18 bits per heavy atom. The van der Waals surface area contributed by atoms with Crippen molar-refractivity contribution in [3.8, 4) is 5.75 Å². The predicted molar refractivity (Wildman–Crippen MR) is 84.1 cm³/mol. The number of benzene rings is 1. The van der Waals surface area contributed by atoms with Crippen LogP contribution < -0.4 is 10.1 Å². The zero-order chi connectivity index (χ0) is 15.4. The van der Waals surface area contributed by atoms with Gasteiger partial charge in [-0.2, -0.15) is 0 Å². The Hall–Kier alpha value is -1.63. The Balaban J connectivity index is 1.54. The number of nitrogens with one attached hydrogen (secondary N) is 1. The molecule has 1 aromatic heterocycles. The average Bonchev–Trinajstić information content (AvgIpc) is 2.95. The number of ether oxygens (including phenoxy) is 2. The smallest absolute Gasteiger partial charge is 0.209 e. The van der Waals surface area contributed by atoms with Crippen LogP contribution in [0.2, 0.25) is 0 Å². The van der Waals surface area contributed by atoms with Crippen LogP contribution in [0.5, 0.6) is 5.75 Å². The van der Waals surface area contributed by atoms with Crippen LogP contribution in [0.15, 0.2) is 22.6 Å². The molecule has 0 amide bonds. The number of rotatable bonds is 6. The molecule has 0 aliphatic carbocycles. The van der Waals surface area contributed by atoms with Gasteiger partial charge in [0, 0.05) is 31.7 Å². The highest BCUT2D eigenvalue weighted by atomic mass is 16.5. The molecule has 3 rings (SSSR count). The van der Waals surface area contributed by atoms with Crippen LogP contribution in [0.4, 0.5) is 0 Å². The Morgan fingerprint density at radius 3 is 2.95 bits per heavy atom. The molecule has 6 heteroatoms. The van der Waals surface area contributed by atoms with E-state index in [0.717, 1.165) is 49.7 Å². The van der Waals surface area contributed by atoms with Crippen molar-refractivity contribution in [2.24, 2.45) is 0 Å². The quantitative estimate of drug-likeness (QED) is 0.875. The van der Waals surface area contributed by atoms with E-state index in [9.17, 15) is 0 Å². The predicted octanol–water partition coefficient (Wildman–Crippen LogP) is 1.65. The standard InChI is InChI=1S/C16H23N3O3/c1-12(11-19-5-7-21-8-6-19)17-10-16-18-14-9-13(20-2)3-4-15(14)22-16/h3-4,9,12,17H,5-8,10-11H2,1-2H3/t12-/m0/s1. The van der Waals surface area contributed by atoms with Gasteiger partial charge in [0.05, 0.1) is 26.9 Å². The van der Waals surface area contributed by atoms with Gasteiger partial charge in [0.2, 0.25) is 5.89 Å². The summed E-state index contributed by atoms with van der Waals surface area (Å²) in [5.41, 5.74) is 1.62. The van der Waals surface area contributed by atoms with Gasteiger partial charge in [0.15, 0.2) is 5.58 Å². The van der Waals surface area contributed by atoms with Crippen molar-refractivity contribution in [3.05, 3.63) is 24.1 Å². The first kappa shape index (κ1) is 15.3. The lowest BCUT2D eigenvalue weighted by atomic mass is 10.3. The Bertz CT molecular complexity index is 608. The second-order valence-electron chi connectivity index (χ2n) is 5.64. The van der Waals surface area contributed by atoms with Crippen LogP contribution in [0.25, 0.3) is 11.1 Å². The lowest BCUT2D eigenvalue weighted by Crippen LogP contribution is -2.44. The fourth-order valence-electron chi connectivity index (χ4n) is 2.65. The first-order valence-electron chi connectivity index (χ1n) is 7.71. The molecule has 0 spiro atoms. The number of oxazole rings is 1. The van der Waals surface area contributed by atoms with Crippen LogP contribution in [0.3, 0.4) is 0 Å². The number of hydrogen-bond acceptors (Lipinski definition) is 6. The zero-order valence-corrected chi connectivity index (χ0v) is 13.2.